The van der Waals surface area contributed by atoms with E-state index in [1.807, 2.05) is 17.9 Å². The molecule has 0 amide bonds. The molecule has 0 aliphatic carbocycles. The van der Waals surface area contributed by atoms with E-state index >= 15 is 0 Å². The molecule has 0 saturated heterocycles. The number of hydrogen-bond donors (Lipinski definition) is 2. The lowest BCUT2D eigenvalue weighted by Crippen LogP contribution is -2.28. The number of hydrogen-bond acceptors (Lipinski definition) is 3. The number of aliphatic hydroxyl groups is 1. The molecule has 1 unspecified atom stereocenters. The van der Waals surface area contributed by atoms with Crippen molar-refractivity contribution in [3.05, 3.63) is 17.5 Å². The minimum Gasteiger partial charge on any atom is -0.394 e. The summed E-state index contributed by atoms with van der Waals surface area (Å²) in [5.41, 5.74) is 2.19. The molecule has 1 aromatic rings. The van der Waals surface area contributed by atoms with E-state index in [9.17, 15) is 5.11 Å². The number of aliphatic hydroxyl groups excluding tert-OH is 1. The smallest absolute Gasteiger partial charge is 0.0670 e. The van der Waals surface area contributed by atoms with Gasteiger partial charge in [0.2, 0.25) is 0 Å². The van der Waals surface area contributed by atoms with Gasteiger partial charge in [-0.25, -0.2) is 0 Å². The molecule has 0 fully saturated rings. The molecule has 4 heteroatoms. The van der Waals surface area contributed by atoms with E-state index in [2.05, 4.69) is 31.2 Å². The van der Waals surface area contributed by atoms with Crippen molar-refractivity contribution in [3.63, 3.8) is 0 Å². The Balaban J connectivity index is 2.77. The molecule has 0 aliphatic heterocycles. The largest absolute Gasteiger partial charge is 0.394 e. The highest BCUT2D eigenvalue weighted by Gasteiger charge is 2.16. The second-order valence-corrected chi connectivity index (χ2v) is 4.60. The molecule has 1 atom stereocenters. The second kappa shape index (κ2) is 6.01. The van der Waals surface area contributed by atoms with Crippen LogP contribution in [-0.4, -0.2) is 28.0 Å². The van der Waals surface area contributed by atoms with E-state index in [0.29, 0.717) is 5.92 Å². The number of nitrogens with one attached hydrogen (secondary N) is 1. The van der Waals surface area contributed by atoms with Gasteiger partial charge in [-0.05, 0) is 18.9 Å². The van der Waals surface area contributed by atoms with Gasteiger partial charge >= 0.3 is 0 Å². The Morgan fingerprint density at radius 2 is 2.19 bits per heavy atom. The Morgan fingerprint density at radius 3 is 2.69 bits per heavy atom. The van der Waals surface area contributed by atoms with Gasteiger partial charge < -0.3 is 10.4 Å². The van der Waals surface area contributed by atoms with Crippen LogP contribution in [0.25, 0.3) is 0 Å². The van der Waals surface area contributed by atoms with Gasteiger partial charge in [-0.1, -0.05) is 20.8 Å². The first kappa shape index (κ1) is 13.2. The summed E-state index contributed by atoms with van der Waals surface area (Å²) in [7, 11) is 1.92. The molecule has 0 bridgehead atoms. The van der Waals surface area contributed by atoms with Gasteiger partial charge in [0.05, 0.1) is 18.3 Å². The van der Waals surface area contributed by atoms with Crippen molar-refractivity contribution in [2.45, 2.75) is 33.2 Å². The topological polar surface area (TPSA) is 50.1 Å². The Hall–Kier alpha value is -0.870. The molecule has 92 valence electrons. The summed E-state index contributed by atoms with van der Waals surface area (Å²) in [6.07, 6.45) is 2.89. The van der Waals surface area contributed by atoms with E-state index in [-0.39, 0.29) is 12.6 Å². The molecule has 1 heterocycles. The van der Waals surface area contributed by atoms with Crippen molar-refractivity contribution in [1.29, 1.82) is 0 Å². The predicted molar refractivity (Wildman–Crippen MR) is 65.3 cm³/mol. The molecular weight excluding hydrogens is 202 g/mol. The highest BCUT2D eigenvalue weighted by Crippen LogP contribution is 2.17. The van der Waals surface area contributed by atoms with Crippen LogP contribution in [0.2, 0.25) is 0 Å². The van der Waals surface area contributed by atoms with Gasteiger partial charge in [-0.3, -0.25) is 4.68 Å². The fraction of sp³-hybridized carbons (Fsp3) is 0.750. The third kappa shape index (κ3) is 3.32. The van der Waals surface area contributed by atoms with Crippen LogP contribution >= 0.6 is 0 Å². The molecule has 0 spiro atoms. The lowest BCUT2D eigenvalue weighted by molar-refractivity contribution is 0.240. The van der Waals surface area contributed by atoms with Gasteiger partial charge in [0.1, 0.15) is 0 Å². The third-order valence-corrected chi connectivity index (χ3v) is 2.60. The van der Waals surface area contributed by atoms with Crippen LogP contribution in [0.1, 0.15) is 38.1 Å². The molecular formula is C12H23N3O. The number of aryl methyl sites for hydroxylation is 2. The summed E-state index contributed by atoms with van der Waals surface area (Å²) < 4.78 is 1.81. The number of rotatable bonds is 6. The van der Waals surface area contributed by atoms with Crippen molar-refractivity contribution in [2.75, 3.05) is 13.2 Å². The Kier molecular flexibility index (Phi) is 4.96. The Labute approximate surface area is 97.7 Å². The van der Waals surface area contributed by atoms with Crippen molar-refractivity contribution >= 4 is 0 Å². The van der Waals surface area contributed by atoms with Crippen molar-refractivity contribution in [1.82, 2.24) is 15.1 Å². The summed E-state index contributed by atoms with van der Waals surface area (Å²) >= 11 is 0. The first-order valence-corrected chi connectivity index (χ1v) is 5.95. The number of aromatic nitrogens is 2. The molecule has 1 aromatic heterocycles. The molecule has 2 N–H and O–H groups in total. The molecule has 0 saturated carbocycles. The zero-order valence-electron chi connectivity index (χ0n) is 10.7. The van der Waals surface area contributed by atoms with Crippen LogP contribution in [0.5, 0.6) is 0 Å². The quantitative estimate of drug-likeness (QED) is 0.766. The van der Waals surface area contributed by atoms with Crippen LogP contribution < -0.4 is 5.32 Å². The van der Waals surface area contributed by atoms with Crippen molar-refractivity contribution < 1.29 is 5.11 Å². The monoisotopic (exact) mass is 225 g/mol. The molecule has 0 aliphatic rings. The first-order chi connectivity index (χ1) is 7.58. The van der Waals surface area contributed by atoms with E-state index < -0.39 is 0 Å². The summed E-state index contributed by atoms with van der Waals surface area (Å²) in [5, 5.41) is 17.2. The highest BCUT2D eigenvalue weighted by atomic mass is 16.3. The Bertz CT molecular complexity index is 320. The van der Waals surface area contributed by atoms with Crippen molar-refractivity contribution in [3.8, 4) is 0 Å². The average Bonchev–Trinajstić information content (AvgIpc) is 2.60. The van der Waals surface area contributed by atoms with E-state index in [0.717, 1.165) is 24.2 Å². The minimum atomic E-state index is 0.00560. The normalized spacial score (nSPS) is 13.4. The van der Waals surface area contributed by atoms with Gasteiger partial charge in [-0.2, -0.15) is 5.10 Å². The summed E-state index contributed by atoms with van der Waals surface area (Å²) in [6.45, 7) is 7.42. The summed E-state index contributed by atoms with van der Waals surface area (Å²) in [6, 6.07) is 0.00560. The highest BCUT2D eigenvalue weighted by molar-refractivity contribution is 5.21. The zero-order chi connectivity index (χ0) is 12.1. The lowest BCUT2D eigenvalue weighted by atomic mass is 10.1. The van der Waals surface area contributed by atoms with E-state index in [1.165, 1.54) is 0 Å². The van der Waals surface area contributed by atoms with Gasteiger partial charge in [0, 0.05) is 18.8 Å². The SMILES string of the molecule is CCc1nn(C)cc1C(CO)NCC(C)C. The predicted octanol–water partition coefficient (Wildman–Crippen LogP) is 1.26. The minimum absolute atomic E-state index is 0.00560. The van der Waals surface area contributed by atoms with Crippen LogP contribution in [0.15, 0.2) is 6.20 Å². The molecule has 0 aromatic carbocycles. The fourth-order valence-corrected chi connectivity index (χ4v) is 1.77. The fourth-order valence-electron chi connectivity index (χ4n) is 1.77. The van der Waals surface area contributed by atoms with Crippen LogP contribution in [-0.2, 0) is 13.5 Å². The average molecular weight is 225 g/mol. The van der Waals surface area contributed by atoms with Gasteiger partial charge in [-0.15, -0.1) is 0 Å². The molecule has 0 radical (unpaired) electrons. The maximum atomic E-state index is 9.42. The Morgan fingerprint density at radius 1 is 1.50 bits per heavy atom. The lowest BCUT2D eigenvalue weighted by Gasteiger charge is -2.17. The molecule has 16 heavy (non-hydrogen) atoms. The number of nitrogens with zero attached hydrogens (tertiary/aromatic N) is 2. The van der Waals surface area contributed by atoms with Gasteiger partial charge in [0.15, 0.2) is 0 Å². The maximum absolute atomic E-state index is 9.42. The van der Waals surface area contributed by atoms with Crippen molar-refractivity contribution in [2.24, 2.45) is 13.0 Å². The molecule has 4 nitrogen and oxygen atoms in total. The van der Waals surface area contributed by atoms with E-state index in [4.69, 9.17) is 0 Å². The molecule has 1 rings (SSSR count). The van der Waals surface area contributed by atoms with E-state index in [1.54, 1.807) is 0 Å². The first-order valence-electron chi connectivity index (χ1n) is 5.95. The van der Waals surface area contributed by atoms with Crippen LogP contribution in [0.3, 0.4) is 0 Å². The van der Waals surface area contributed by atoms with Crippen LogP contribution in [0.4, 0.5) is 0 Å². The summed E-state index contributed by atoms with van der Waals surface area (Å²) in [4.78, 5) is 0. The van der Waals surface area contributed by atoms with Crippen LogP contribution in [0, 0.1) is 5.92 Å². The standard InChI is InChI=1S/C12H23N3O/c1-5-11-10(7-15(4)14-11)12(8-16)13-6-9(2)3/h7,9,12-13,16H,5-6,8H2,1-4H3. The maximum Gasteiger partial charge on any atom is 0.0670 e. The van der Waals surface area contributed by atoms with Gasteiger partial charge in [0.25, 0.3) is 0 Å². The second-order valence-electron chi connectivity index (χ2n) is 4.60. The zero-order valence-corrected chi connectivity index (χ0v) is 10.7. The third-order valence-electron chi connectivity index (χ3n) is 2.60. The summed E-state index contributed by atoms with van der Waals surface area (Å²) in [5.74, 6) is 0.579.